The number of nitriles is 1. The number of carbonyl (C=O) groups is 1. The molecule has 0 spiro atoms. The van der Waals surface area contributed by atoms with E-state index in [-0.39, 0.29) is 17.9 Å². The molecule has 1 aliphatic rings. The number of ether oxygens (including phenoxy) is 1. The Kier molecular flexibility index (Phi) is 5.65. The van der Waals surface area contributed by atoms with Crippen molar-refractivity contribution < 1.29 is 27.1 Å². The zero-order valence-electron chi connectivity index (χ0n) is 18.4. The van der Waals surface area contributed by atoms with Crippen LogP contribution in [0.15, 0.2) is 42.5 Å². The minimum atomic E-state index is -4.84. The summed E-state index contributed by atoms with van der Waals surface area (Å²) in [4.78, 5) is 20.6. The van der Waals surface area contributed by atoms with E-state index in [0.29, 0.717) is 34.6 Å². The average molecular weight is 470 g/mol. The minimum absolute atomic E-state index is 0.0939. The number of benzene rings is 2. The standard InChI is InChI=1S/C24H18F4N4O2/c1-13-8-16(25)4-5-19(13)31-12-32(20-6-7-22(34-3)30-14(20)2)23(33)17-10-18(24(26,27)28)15(11-29)9-21(17)31/h4-10H,12H2,1-3H3. The van der Waals surface area contributed by atoms with Crippen LogP contribution in [-0.4, -0.2) is 24.7 Å². The van der Waals surface area contributed by atoms with Gasteiger partial charge < -0.3 is 9.64 Å². The number of hydrogen-bond donors (Lipinski definition) is 0. The fourth-order valence-corrected chi connectivity index (χ4v) is 3.98. The molecule has 0 atom stereocenters. The minimum Gasteiger partial charge on any atom is -0.481 e. The highest BCUT2D eigenvalue weighted by atomic mass is 19.4. The second kappa shape index (κ2) is 8.33. The van der Waals surface area contributed by atoms with Gasteiger partial charge in [-0.3, -0.25) is 9.69 Å². The highest BCUT2D eigenvalue weighted by molar-refractivity contribution is 6.13. The van der Waals surface area contributed by atoms with Crippen molar-refractivity contribution in [3.8, 4) is 11.9 Å². The molecule has 174 valence electrons. The Morgan fingerprint density at radius 1 is 1.03 bits per heavy atom. The van der Waals surface area contributed by atoms with Gasteiger partial charge >= 0.3 is 6.18 Å². The molecule has 0 saturated heterocycles. The smallest absolute Gasteiger partial charge is 0.417 e. The summed E-state index contributed by atoms with van der Waals surface area (Å²) in [5, 5.41) is 9.38. The highest BCUT2D eigenvalue weighted by Gasteiger charge is 2.39. The van der Waals surface area contributed by atoms with E-state index < -0.39 is 29.0 Å². The molecule has 3 aromatic rings. The summed E-state index contributed by atoms with van der Waals surface area (Å²) in [5.74, 6) is -0.849. The monoisotopic (exact) mass is 470 g/mol. The van der Waals surface area contributed by atoms with Crippen molar-refractivity contribution in [2.24, 2.45) is 0 Å². The number of aromatic nitrogens is 1. The molecule has 0 saturated carbocycles. The van der Waals surface area contributed by atoms with Crippen LogP contribution in [-0.2, 0) is 6.18 Å². The van der Waals surface area contributed by atoms with Crippen molar-refractivity contribution in [1.29, 1.82) is 5.26 Å². The molecule has 0 bridgehead atoms. The first kappa shape index (κ1) is 23.0. The van der Waals surface area contributed by atoms with Gasteiger partial charge in [0, 0.05) is 11.8 Å². The van der Waals surface area contributed by atoms with Crippen molar-refractivity contribution in [3.63, 3.8) is 0 Å². The van der Waals surface area contributed by atoms with Gasteiger partial charge in [-0.1, -0.05) is 0 Å². The number of pyridine rings is 1. The third kappa shape index (κ3) is 3.90. The molecular weight excluding hydrogens is 452 g/mol. The molecule has 6 nitrogen and oxygen atoms in total. The summed E-state index contributed by atoms with van der Waals surface area (Å²) in [5.41, 5.74) is -0.151. The van der Waals surface area contributed by atoms with E-state index in [9.17, 15) is 27.6 Å². The molecule has 4 rings (SSSR count). The number of fused-ring (bicyclic) bond motifs is 1. The molecule has 2 aromatic carbocycles. The second-order valence-corrected chi connectivity index (χ2v) is 7.72. The van der Waals surface area contributed by atoms with Gasteiger partial charge in [0.1, 0.15) is 12.5 Å². The van der Waals surface area contributed by atoms with Crippen LogP contribution in [0.4, 0.5) is 34.6 Å². The van der Waals surface area contributed by atoms with Gasteiger partial charge in [-0.2, -0.15) is 18.4 Å². The summed E-state index contributed by atoms with van der Waals surface area (Å²) < 4.78 is 59.9. The van der Waals surface area contributed by atoms with E-state index in [0.717, 1.165) is 6.07 Å². The summed E-state index contributed by atoms with van der Waals surface area (Å²) in [6, 6.07) is 10.4. The van der Waals surface area contributed by atoms with Gasteiger partial charge in [-0.15, -0.1) is 0 Å². The number of halogens is 4. The molecular formula is C24H18F4N4O2. The predicted octanol–water partition coefficient (Wildman–Crippen LogP) is 5.49. The zero-order chi connectivity index (χ0) is 24.8. The number of nitrogens with zero attached hydrogens (tertiary/aromatic N) is 4. The van der Waals surface area contributed by atoms with Gasteiger partial charge in [0.2, 0.25) is 5.88 Å². The highest BCUT2D eigenvalue weighted by Crippen LogP contribution is 2.42. The van der Waals surface area contributed by atoms with Gasteiger partial charge in [-0.25, -0.2) is 9.37 Å². The average Bonchev–Trinajstić information content (AvgIpc) is 2.78. The number of amides is 1. The lowest BCUT2D eigenvalue weighted by molar-refractivity contribution is -0.137. The molecule has 0 aliphatic carbocycles. The maximum atomic E-state index is 13.8. The maximum Gasteiger partial charge on any atom is 0.417 e. The van der Waals surface area contributed by atoms with Crippen LogP contribution in [0, 0.1) is 31.0 Å². The van der Waals surface area contributed by atoms with Crippen LogP contribution in [0.1, 0.15) is 32.7 Å². The molecule has 1 aromatic heterocycles. The lowest BCUT2D eigenvalue weighted by Gasteiger charge is -2.39. The molecule has 0 N–H and O–H groups in total. The van der Waals surface area contributed by atoms with E-state index in [1.54, 1.807) is 36.9 Å². The fraction of sp³-hybridized carbons (Fsp3) is 0.208. The first-order valence-electron chi connectivity index (χ1n) is 10.1. The van der Waals surface area contributed by atoms with E-state index in [1.165, 1.54) is 30.2 Å². The van der Waals surface area contributed by atoms with E-state index in [2.05, 4.69) is 4.98 Å². The van der Waals surface area contributed by atoms with Gasteiger partial charge in [-0.05, 0) is 55.8 Å². The first-order valence-corrected chi connectivity index (χ1v) is 10.1. The van der Waals surface area contributed by atoms with Crippen LogP contribution in [0.3, 0.4) is 0 Å². The third-order valence-electron chi connectivity index (χ3n) is 5.59. The number of hydrogen-bond acceptors (Lipinski definition) is 5. The van der Waals surface area contributed by atoms with Crippen LogP contribution < -0.4 is 14.5 Å². The van der Waals surface area contributed by atoms with Crippen LogP contribution in [0.25, 0.3) is 0 Å². The lowest BCUT2D eigenvalue weighted by Crippen LogP contribution is -2.45. The lowest BCUT2D eigenvalue weighted by atomic mass is 9.97. The van der Waals surface area contributed by atoms with Crippen molar-refractivity contribution in [2.45, 2.75) is 20.0 Å². The van der Waals surface area contributed by atoms with Crippen molar-refractivity contribution in [2.75, 3.05) is 23.6 Å². The Morgan fingerprint density at radius 3 is 2.32 bits per heavy atom. The van der Waals surface area contributed by atoms with Crippen molar-refractivity contribution in [3.05, 3.63) is 76.2 Å². The van der Waals surface area contributed by atoms with E-state index in [4.69, 9.17) is 4.74 Å². The number of anilines is 3. The molecule has 1 aliphatic heterocycles. The SMILES string of the molecule is COc1ccc(N2CN(c3ccc(F)cc3C)c3cc(C#N)c(C(F)(F)F)cc3C2=O)c(C)n1. The van der Waals surface area contributed by atoms with Crippen LogP contribution in [0.2, 0.25) is 0 Å². The van der Waals surface area contributed by atoms with Gasteiger partial charge in [0.25, 0.3) is 5.91 Å². The Labute approximate surface area is 192 Å². The normalized spacial score (nSPS) is 13.5. The molecule has 10 heteroatoms. The molecule has 1 amide bonds. The predicted molar refractivity (Wildman–Crippen MR) is 117 cm³/mol. The Hall–Kier alpha value is -4.13. The second-order valence-electron chi connectivity index (χ2n) is 7.72. The largest absolute Gasteiger partial charge is 0.481 e. The number of carbonyl (C=O) groups excluding carboxylic acids is 1. The van der Waals surface area contributed by atoms with E-state index in [1.807, 2.05) is 0 Å². The Bertz CT molecular complexity index is 1350. The Balaban J connectivity index is 1.97. The number of methoxy groups -OCH3 is 1. The quantitative estimate of drug-likeness (QED) is 0.474. The first-order chi connectivity index (χ1) is 16.0. The summed E-state index contributed by atoms with van der Waals surface area (Å²) >= 11 is 0. The van der Waals surface area contributed by atoms with Gasteiger partial charge in [0.15, 0.2) is 0 Å². The Morgan fingerprint density at radius 2 is 1.74 bits per heavy atom. The fourth-order valence-electron chi connectivity index (χ4n) is 3.98. The molecule has 0 radical (unpaired) electrons. The molecule has 0 fully saturated rings. The van der Waals surface area contributed by atoms with Crippen LogP contribution >= 0.6 is 0 Å². The van der Waals surface area contributed by atoms with Crippen molar-refractivity contribution in [1.82, 2.24) is 4.98 Å². The number of aryl methyl sites for hydroxylation is 2. The molecule has 2 heterocycles. The summed E-state index contributed by atoms with van der Waals surface area (Å²) in [6.07, 6.45) is -4.84. The molecule has 34 heavy (non-hydrogen) atoms. The van der Waals surface area contributed by atoms with Crippen molar-refractivity contribution >= 4 is 23.0 Å². The maximum absolute atomic E-state index is 13.8. The number of alkyl halides is 3. The topological polar surface area (TPSA) is 69.5 Å². The molecule has 0 unspecified atom stereocenters. The zero-order valence-corrected chi connectivity index (χ0v) is 18.4. The van der Waals surface area contributed by atoms with Gasteiger partial charge in [0.05, 0.1) is 46.9 Å². The summed E-state index contributed by atoms with van der Waals surface area (Å²) in [6.45, 7) is 3.20. The van der Waals surface area contributed by atoms with Crippen LogP contribution in [0.5, 0.6) is 5.88 Å². The third-order valence-corrected chi connectivity index (χ3v) is 5.59. The number of rotatable bonds is 3. The van der Waals surface area contributed by atoms with E-state index >= 15 is 0 Å². The summed E-state index contributed by atoms with van der Waals surface area (Å²) in [7, 11) is 1.44.